The molecule has 0 spiro atoms. The fourth-order valence-electron chi connectivity index (χ4n) is 1.30. The predicted octanol–water partition coefficient (Wildman–Crippen LogP) is 3.25. The number of hydrogen-bond acceptors (Lipinski definition) is 2. The van der Waals surface area contributed by atoms with Gasteiger partial charge in [0.15, 0.2) is 0 Å². The maximum absolute atomic E-state index is 12.2. The molecule has 0 aromatic heterocycles. The number of aryl methyl sites for hydroxylation is 1. The second-order valence-corrected chi connectivity index (χ2v) is 6.15. The van der Waals surface area contributed by atoms with E-state index in [2.05, 4.69) is 5.92 Å². The lowest BCUT2D eigenvalue weighted by atomic mass is 10.2. The van der Waals surface area contributed by atoms with Crippen molar-refractivity contribution in [3.8, 4) is 12.3 Å². The van der Waals surface area contributed by atoms with E-state index in [0.717, 1.165) is 11.1 Å². The molecule has 0 N–H and O–H groups in total. The van der Waals surface area contributed by atoms with Gasteiger partial charge in [-0.3, -0.25) is 0 Å². The molecule has 0 saturated carbocycles. The van der Waals surface area contributed by atoms with Gasteiger partial charge in [0.1, 0.15) is 4.91 Å². The van der Waals surface area contributed by atoms with Gasteiger partial charge in [-0.15, -0.1) is 6.42 Å². The van der Waals surface area contributed by atoms with Crippen LogP contribution >= 0.6 is 0 Å². The van der Waals surface area contributed by atoms with Crippen LogP contribution in [0.3, 0.4) is 0 Å². The Kier molecular flexibility index (Phi) is 4.52. The molecule has 0 saturated heterocycles. The first-order valence-electron chi connectivity index (χ1n) is 5.51. The lowest BCUT2D eigenvalue weighted by molar-refractivity contribution is 0.603. The van der Waals surface area contributed by atoms with E-state index in [9.17, 15) is 8.42 Å². The Hall–Kier alpha value is -1.79. The van der Waals surface area contributed by atoms with Gasteiger partial charge in [-0.05, 0) is 39.0 Å². The zero-order valence-electron chi connectivity index (χ0n) is 10.8. The highest BCUT2D eigenvalue weighted by molar-refractivity contribution is 7.95. The fraction of sp³-hybridized carbons (Fsp3) is 0.200. The quantitative estimate of drug-likeness (QED) is 0.617. The van der Waals surface area contributed by atoms with Crippen LogP contribution in [0.1, 0.15) is 19.4 Å². The van der Waals surface area contributed by atoms with Gasteiger partial charge in [-0.25, -0.2) is 8.42 Å². The molecule has 0 aliphatic heterocycles. The van der Waals surface area contributed by atoms with Crippen LogP contribution in [-0.2, 0) is 9.84 Å². The molecule has 3 heteroatoms. The van der Waals surface area contributed by atoms with Crippen molar-refractivity contribution in [2.75, 3.05) is 0 Å². The average molecular weight is 260 g/mol. The van der Waals surface area contributed by atoms with Crippen molar-refractivity contribution in [3.05, 3.63) is 52.5 Å². The average Bonchev–Trinajstić information content (AvgIpc) is 2.29. The second kappa shape index (κ2) is 5.70. The second-order valence-electron chi connectivity index (χ2n) is 4.24. The molecular weight excluding hydrogens is 244 g/mol. The normalized spacial score (nSPS) is 11.8. The summed E-state index contributed by atoms with van der Waals surface area (Å²) >= 11 is 0. The van der Waals surface area contributed by atoms with Crippen LogP contribution < -0.4 is 0 Å². The van der Waals surface area contributed by atoms with Crippen LogP contribution in [-0.4, -0.2) is 8.42 Å². The molecule has 18 heavy (non-hydrogen) atoms. The lowest BCUT2D eigenvalue weighted by Gasteiger charge is -2.03. The number of benzene rings is 1. The molecule has 2 nitrogen and oxygen atoms in total. The minimum absolute atomic E-state index is 0.0208. The highest BCUT2D eigenvalue weighted by atomic mass is 32.2. The number of allylic oxidation sites excluding steroid dienone is 4. The molecule has 0 heterocycles. The van der Waals surface area contributed by atoms with E-state index in [1.54, 1.807) is 30.3 Å². The Morgan fingerprint density at radius 3 is 2.17 bits per heavy atom. The summed E-state index contributed by atoms with van der Waals surface area (Å²) in [6.07, 6.45) is 8.44. The van der Waals surface area contributed by atoms with Crippen LogP contribution in [0.4, 0.5) is 0 Å². The van der Waals surface area contributed by atoms with Crippen LogP contribution in [0.25, 0.3) is 0 Å². The number of hydrogen-bond donors (Lipinski definition) is 0. The zero-order valence-corrected chi connectivity index (χ0v) is 11.6. The third-order valence-corrected chi connectivity index (χ3v) is 4.06. The summed E-state index contributed by atoms with van der Waals surface area (Å²) < 4.78 is 24.5. The van der Waals surface area contributed by atoms with Crippen molar-refractivity contribution in [1.82, 2.24) is 0 Å². The smallest absolute Gasteiger partial charge is 0.214 e. The van der Waals surface area contributed by atoms with Crippen molar-refractivity contribution < 1.29 is 8.42 Å². The van der Waals surface area contributed by atoms with Gasteiger partial charge in [0, 0.05) is 0 Å². The van der Waals surface area contributed by atoms with Crippen LogP contribution in [0.5, 0.6) is 0 Å². The van der Waals surface area contributed by atoms with E-state index < -0.39 is 9.84 Å². The molecule has 0 amide bonds. The highest BCUT2D eigenvalue weighted by Crippen LogP contribution is 2.19. The first kappa shape index (κ1) is 14.3. The number of rotatable bonds is 3. The Bertz CT molecular complexity index is 620. The summed E-state index contributed by atoms with van der Waals surface area (Å²) in [5, 5.41) is 0. The van der Waals surface area contributed by atoms with Crippen LogP contribution in [0.15, 0.2) is 51.8 Å². The molecule has 1 rings (SSSR count). The van der Waals surface area contributed by atoms with Crippen LogP contribution in [0, 0.1) is 19.3 Å². The summed E-state index contributed by atoms with van der Waals surface area (Å²) in [6, 6.07) is 6.64. The standard InChI is InChI=1S/C15H16O2S/c1-5-14(9-6-12(2)3)18(16,17)15-10-7-13(4)8-11-15/h1,6-11H,2-4H3/b14-9+. The Balaban J connectivity index is 3.29. The summed E-state index contributed by atoms with van der Waals surface area (Å²) in [7, 11) is -3.58. The molecule has 94 valence electrons. The van der Waals surface area contributed by atoms with E-state index in [1.165, 1.54) is 6.08 Å². The first-order chi connectivity index (χ1) is 8.37. The van der Waals surface area contributed by atoms with E-state index in [-0.39, 0.29) is 9.80 Å². The maximum Gasteiger partial charge on any atom is 0.214 e. The fourth-order valence-corrected chi connectivity index (χ4v) is 2.45. The molecule has 0 bridgehead atoms. The molecule has 0 atom stereocenters. The third kappa shape index (κ3) is 3.35. The topological polar surface area (TPSA) is 34.1 Å². The summed E-state index contributed by atoms with van der Waals surface area (Å²) in [5.74, 6) is 2.24. The maximum atomic E-state index is 12.2. The minimum Gasteiger partial charge on any atom is -0.218 e. The number of terminal acetylenes is 1. The van der Waals surface area contributed by atoms with Crippen molar-refractivity contribution in [2.24, 2.45) is 0 Å². The highest BCUT2D eigenvalue weighted by Gasteiger charge is 2.18. The molecular formula is C15H16O2S. The van der Waals surface area contributed by atoms with Crippen molar-refractivity contribution in [2.45, 2.75) is 25.7 Å². The van der Waals surface area contributed by atoms with Crippen molar-refractivity contribution in [3.63, 3.8) is 0 Å². The molecule has 0 radical (unpaired) electrons. The van der Waals surface area contributed by atoms with Gasteiger partial charge in [0.2, 0.25) is 9.84 Å². The SMILES string of the molecule is C#C/C(=C\C=C(C)C)S(=O)(=O)c1ccc(C)cc1. The molecule has 0 unspecified atom stereocenters. The van der Waals surface area contributed by atoms with E-state index in [1.807, 2.05) is 20.8 Å². The molecule has 1 aromatic rings. The van der Waals surface area contributed by atoms with Gasteiger partial charge in [-0.1, -0.05) is 35.3 Å². The molecule has 0 aliphatic rings. The van der Waals surface area contributed by atoms with Crippen molar-refractivity contribution >= 4 is 9.84 Å². The Morgan fingerprint density at radius 2 is 1.72 bits per heavy atom. The van der Waals surface area contributed by atoms with Gasteiger partial charge < -0.3 is 0 Å². The summed E-state index contributed by atoms with van der Waals surface area (Å²) in [4.78, 5) is 0.201. The number of sulfone groups is 1. The van der Waals surface area contributed by atoms with Gasteiger partial charge in [0.05, 0.1) is 4.90 Å². The monoisotopic (exact) mass is 260 g/mol. The van der Waals surface area contributed by atoms with E-state index in [0.29, 0.717) is 0 Å². The zero-order chi connectivity index (χ0) is 13.8. The summed E-state index contributed by atoms with van der Waals surface area (Å²) in [5.41, 5.74) is 1.99. The van der Waals surface area contributed by atoms with Crippen LogP contribution in [0.2, 0.25) is 0 Å². The largest absolute Gasteiger partial charge is 0.218 e. The molecule has 0 aliphatic carbocycles. The van der Waals surface area contributed by atoms with Gasteiger partial charge in [-0.2, -0.15) is 0 Å². The third-order valence-electron chi connectivity index (χ3n) is 2.33. The molecule has 0 fully saturated rings. The van der Waals surface area contributed by atoms with E-state index >= 15 is 0 Å². The Morgan fingerprint density at radius 1 is 1.17 bits per heavy atom. The lowest BCUT2D eigenvalue weighted by Crippen LogP contribution is -2.03. The summed E-state index contributed by atoms with van der Waals surface area (Å²) in [6.45, 7) is 5.66. The minimum atomic E-state index is -3.58. The van der Waals surface area contributed by atoms with Gasteiger partial charge >= 0.3 is 0 Å². The van der Waals surface area contributed by atoms with Crippen molar-refractivity contribution in [1.29, 1.82) is 0 Å². The van der Waals surface area contributed by atoms with Gasteiger partial charge in [0.25, 0.3) is 0 Å². The molecule has 1 aromatic carbocycles. The first-order valence-corrected chi connectivity index (χ1v) is 7.00. The Labute approximate surface area is 109 Å². The van der Waals surface area contributed by atoms with E-state index in [4.69, 9.17) is 6.42 Å². The predicted molar refractivity (Wildman–Crippen MR) is 74.7 cm³/mol.